The van der Waals surface area contributed by atoms with Crippen LogP contribution in [0.15, 0.2) is 30.7 Å². The van der Waals surface area contributed by atoms with Crippen LogP contribution in [-0.2, 0) is 26.8 Å². The van der Waals surface area contributed by atoms with Gasteiger partial charge in [0.05, 0.1) is 30.6 Å². The van der Waals surface area contributed by atoms with Crippen molar-refractivity contribution in [3.63, 3.8) is 0 Å². The van der Waals surface area contributed by atoms with Crippen molar-refractivity contribution >= 4 is 10.0 Å². The van der Waals surface area contributed by atoms with E-state index in [1.165, 1.54) is 10.6 Å². The second-order valence-electron chi connectivity index (χ2n) is 6.43. The number of aromatic nitrogens is 3. The van der Waals surface area contributed by atoms with Crippen molar-refractivity contribution in [1.82, 2.24) is 19.3 Å². The van der Waals surface area contributed by atoms with E-state index in [9.17, 15) is 8.42 Å². The van der Waals surface area contributed by atoms with Crippen LogP contribution in [-0.4, -0.2) is 53.6 Å². The zero-order valence-electron chi connectivity index (χ0n) is 13.3. The highest BCUT2D eigenvalue weighted by Gasteiger charge is 2.47. The minimum atomic E-state index is -3.22. The maximum absolute atomic E-state index is 11.9. The quantitative estimate of drug-likeness (QED) is 0.805. The highest BCUT2D eigenvalue weighted by atomic mass is 32.2. The number of rotatable bonds is 2. The molecular formula is C16H18N4O3S. The predicted molar refractivity (Wildman–Crippen MR) is 87.6 cm³/mol. The van der Waals surface area contributed by atoms with Gasteiger partial charge in [0.2, 0.25) is 10.0 Å². The van der Waals surface area contributed by atoms with Crippen molar-refractivity contribution in [2.45, 2.75) is 18.4 Å². The van der Waals surface area contributed by atoms with Crippen molar-refractivity contribution in [3.05, 3.63) is 42.0 Å². The second kappa shape index (κ2) is 5.58. The molecule has 2 aliphatic rings. The lowest BCUT2D eigenvalue weighted by molar-refractivity contribution is 0.0532. The van der Waals surface area contributed by atoms with Crippen LogP contribution >= 0.6 is 0 Å². The van der Waals surface area contributed by atoms with Crippen LogP contribution in [0.5, 0.6) is 0 Å². The lowest BCUT2D eigenvalue weighted by atomic mass is 9.80. The van der Waals surface area contributed by atoms with Gasteiger partial charge in [0.25, 0.3) is 0 Å². The number of sulfonamides is 1. The average Bonchev–Trinajstić information content (AvgIpc) is 3.01. The van der Waals surface area contributed by atoms with Gasteiger partial charge in [-0.25, -0.2) is 22.7 Å². The normalized spacial score (nSPS) is 24.2. The summed E-state index contributed by atoms with van der Waals surface area (Å²) in [5, 5.41) is 0. The molecule has 0 bridgehead atoms. The number of ether oxygens (including phenoxy) is 1. The molecule has 0 unspecified atom stereocenters. The first-order valence-corrected chi connectivity index (χ1v) is 9.62. The molecule has 8 heteroatoms. The smallest absolute Gasteiger partial charge is 0.211 e. The Hall–Kier alpha value is -1.90. The monoisotopic (exact) mass is 346 g/mol. The Kier molecular flexibility index (Phi) is 3.63. The first kappa shape index (κ1) is 15.6. The van der Waals surface area contributed by atoms with Crippen molar-refractivity contribution in [2.24, 2.45) is 0 Å². The largest absolute Gasteiger partial charge is 0.376 e. The van der Waals surface area contributed by atoms with E-state index in [-0.39, 0.29) is 0 Å². The number of pyridine rings is 1. The first-order valence-electron chi connectivity index (χ1n) is 7.78. The Morgan fingerprint density at radius 3 is 2.92 bits per heavy atom. The van der Waals surface area contributed by atoms with Gasteiger partial charge in [-0.2, -0.15) is 0 Å². The Morgan fingerprint density at radius 1 is 1.33 bits per heavy atom. The number of nitrogens with zero attached hydrogens (tertiary/aromatic N) is 4. The van der Waals surface area contributed by atoms with Gasteiger partial charge in [-0.3, -0.25) is 4.98 Å². The maximum Gasteiger partial charge on any atom is 0.211 e. The minimum Gasteiger partial charge on any atom is -0.376 e. The summed E-state index contributed by atoms with van der Waals surface area (Å²) in [4.78, 5) is 13.3. The molecule has 1 atom stereocenters. The molecule has 0 saturated carbocycles. The first-order chi connectivity index (χ1) is 11.5. The van der Waals surface area contributed by atoms with Gasteiger partial charge in [0, 0.05) is 42.8 Å². The second-order valence-corrected chi connectivity index (χ2v) is 8.41. The number of hydrogen-bond acceptors (Lipinski definition) is 6. The van der Waals surface area contributed by atoms with Crippen LogP contribution in [0.3, 0.4) is 0 Å². The Bertz CT molecular complexity index is 872. The minimum absolute atomic E-state index is 0.392. The molecule has 0 radical (unpaired) electrons. The molecule has 2 aromatic rings. The molecule has 4 heterocycles. The predicted octanol–water partition coefficient (Wildman–Crippen LogP) is 0.972. The van der Waals surface area contributed by atoms with E-state index in [2.05, 4.69) is 9.97 Å². The fourth-order valence-electron chi connectivity index (χ4n) is 3.46. The van der Waals surface area contributed by atoms with Crippen LogP contribution in [0.4, 0.5) is 0 Å². The molecule has 0 aliphatic carbocycles. The standard InChI is InChI=1S/C16H18N4O3S/c1-24(21,22)20-6-4-16(10-20)11-23-9-13-8-18-15(19-14(13)16)12-3-2-5-17-7-12/h2-3,5,7-8H,4,6,9-11H2,1H3/t16-/m1/s1. The molecule has 0 aromatic carbocycles. The summed E-state index contributed by atoms with van der Waals surface area (Å²) in [5.41, 5.74) is 2.30. The van der Waals surface area contributed by atoms with Gasteiger partial charge >= 0.3 is 0 Å². The molecule has 0 N–H and O–H groups in total. The van der Waals surface area contributed by atoms with Crippen LogP contribution in [0.25, 0.3) is 11.4 Å². The van der Waals surface area contributed by atoms with E-state index in [4.69, 9.17) is 9.72 Å². The van der Waals surface area contributed by atoms with Gasteiger partial charge in [-0.1, -0.05) is 0 Å². The molecule has 24 heavy (non-hydrogen) atoms. The molecule has 2 aliphatic heterocycles. The zero-order chi connectivity index (χ0) is 16.8. The third-order valence-electron chi connectivity index (χ3n) is 4.71. The molecule has 2 aromatic heterocycles. The van der Waals surface area contributed by atoms with Gasteiger partial charge in [-0.05, 0) is 18.6 Å². The summed E-state index contributed by atoms with van der Waals surface area (Å²) in [6.45, 7) is 1.84. The third-order valence-corrected chi connectivity index (χ3v) is 5.96. The molecule has 4 rings (SSSR count). The number of fused-ring (bicyclic) bond motifs is 2. The van der Waals surface area contributed by atoms with E-state index >= 15 is 0 Å². The van der Waals surface area contributed by atoms with E-state index < -0.39 is 15.4 Å². The summed E-state index contributed by atoms with van der Waals surface area (Å²) >= 11 is 0. The summed E-state index contributed by atoms with van der Waals surface area (Å²) in [6.07, 6.45) is 7.17. The lowest BCUT2D eigenvalue weighted by Crippen LogP contribution is -2.41. The van der Waals surface area contributed by atoms with Crippen LogP contribution < -0.4 is 0 Å². The molecule has 0 amide bonds. The SMILES string of the molecule is CS(=O)(=O)N1CC[C@]2(COCc3cnc(-c4cccnc4)nc32)C1. The van der Waals surface area contributed by atoms with Gasteiger partial charge in [-0.15, -0.1) is 0 Å². The third kappa shape index (κ3) is 2.60. The van der Waals surface area contributed by atoms with Crippen molar-refractivity contribution in [2.75, 3.05) is 26.0 Å². The van der Waals surface area contributed by atoms with Gasteiger partial charge in [0.15, 0.2) is 5.82 Å². The fraction of sp³-hybridized carbons (Fsp3) is 0.438. The average molecular weight is 346 g/mol. The molecule has 1 spiro atoms. The Balaban J connectivity index is 1.77. The topological polar surface area (TPSA) is 85.3 Å². The zero-order valence-corrected chi connectivity index (χ0v) is 14.2. The maximum atomic E-state index is 11.9. The Morgan fingerprint density at radius 2 is 2.21 bits per heavy atom. The van der Waals surface area contributed by atoms with Crippen molar-refractivity contribution in [3.8, 4) is 11.4 Å². The lowest BCUT2D eigenvalue weighted by Gasteiger charge is -2.34. The van der Waals surface area contributed by atoms with Gasteiger partial charge < -0.3 is 4.74 Å². The van der Waals surface area contributed by atoms with E-state index in [1.54, 1.807) is 18.6 Å². The number of hydrogen-bond donors (Lipinski definition) is 0. The van der Waals surface area contributed by atoms with E-state index in [0.717, 1.165) is 16.8 Å². The van der Waals surface area contributed by atoms with E-state index in [0.29, 0.717) is 38.5 Å². The molecule has 1 fully saturated rings. The highest BCUT2D eigenvalue weighted by molar-refractivity contribution is 7.88. The van der Waals surface area contributed by atoms with Crippen LogP contribution in [0.2, 0.25) is 0 Å². The van der Waals surface area contributed by atoms with Crippen molar-refractivity contribution < 1.29 is 13.2 Å². The fourth-order valence-corrected chi connectivity index (χ4v) is 4.36. The Labute approximate surface area is 140 Å². The molecule has 7 nitrogen and oxygen atoms in total. The van der Waals surface area contributed by atoms with E-state index in [1.807, 2.05) is 12.1 Å². The molecular weight excluding hydrogens is 328 g/mol. The summed E-state index contributed by atoms with van der Waals surface area (Å²) < 4.78 is 31.0. The van der Waals surface area contributed by atoms with Crippen LogP contribution in [0.1, 0.15) is 17.7 Å². The molecule has 126 valence electrons. The van der Waals surface area contributed by atoms with Gasteiger partial charge in [0.1, 0.15) is 0 Å². The highest BCUT2D eigenvalue weighted by Crippen LogP contribution is 2.40. The van der Waals surface area contributed by atoms with Crippen LogP contribution in [0, 0.1) is 0 Å². The summed E-state index contributed by atoms with van der Waals surface area (Å²) in [7, 11) is -3.22. The molecule has 1 saturated heterocycles. The summed E-state index contributed by atoms with van der Waals surface area (Å²) in [5.74, 6) is 0.612. The van der Waals surface area contributed by atoms with Crippen molar-refractivity contribution in [1.29, 1.82) is 0 Å². The summed E-state index contributed by atoms with van der Waals surface area (Å²) in [6, 6.07) is 3.76.